The van der Waals surface area contributed by atoms with E-state index < -0.39 is 5.97 Å². The Balaban J connectivity index is 1.10. The second kappa shape index (κ2) is 14.2. The first-order chi connectivity index (χ1) is 25.3. The van der Waals surface area contributed by atoms with E-state index in [0.29, 0.717) is 53.1 Å². The monoisotopic (exact) mass is 720 g/mol. The number of fused-ring (bicyclic) bond motifs is 2. The lowest BCUT2D eigenvalue weighted by Crippen LogP contribution is -2.35. The van der Waals surface area contributed by atoms with Gasteiger partial charge in [-0.25, -0.2) is 9.67 Å². The molecule has 5 heterocycles. The van der Waals surface area contributed by atoms with Crippen molar-refractivity contribution in [3.63, 3.8) is 0 Å². The fourth-order valence-electron chi connectivity index (χ4n) is 7.76. The van der Waals surface area contributed by atoms with Crippen LogP contribution in [0.3, 0.4) is 0 Å². The van der Waals surface area contributed by atoms with Crippen molar-refractivity contribution in [2.45, 2.75) is 45.7 Å². The van der Waals surface area contributed by atoms with Gasteiger partial charge in [-0.3, -0.25) is 14.6 Å². The minimum atomic E-state index is -0.710. The molecule has 0 atom stereocenters. The summed E-state index contributed by atoms with van der Waals surface area (Å²) in [7, 11) is 3.33. The van der Waals surface area contributed by atoms with Gasteiger partial charge in [-0.1, -0.05) is 35.9 Å². The molecule has 3 aromatic heterocycles. The molecule has 268 valence electrons. The van der Waals surface area contributed by atoms with Gasteiger partial charge in [-0.15, -0.1) is 0 Å². The topological polar surface area (TPSA) is 119 Å². The molecule has 0 aliphatic carbocycles. The second-order valence-corrected chi connectivity index (χ2v) is 14.2. The maximum atomic E-state index is 11.4. The number of oxazole rings is 1. The lowest BCUT2D eigenvalue weighted by Gasteiger charge is -2.30. The van der Waals surface area contributed by atoms with Crippen LogP contribution in [-0.2, 0) is 17.9 Å². The van der Waals surface area contributed by atoms with E-state index in [2.05, 4.69) is 28.9 Å². The highest BCUT2D eigenvalue weighted by atomic mass is 35.5. The van der Waals surface area contributed by atoms with Crippen molar-refractivity contribution in [1.29, 1.82) is 0 Å². The third-order valence-corrected chi connectivity index (χ3v) is 10.8. The highest BCUT2D eigenvalue weighted by Crippen LogP contribution is 2.39. The van der Waals surface area contributed by atoms with Crippen LogP contribution < -0.4 is 9.47 Å². The van der Waals surface area contributed by atoms with Crippen molar-refractivity contribution in [1.82, 2.24) is 29.5 Å². The number of halogens is 1. The standard InChI is InChI=1S/C40H41ClN6O5/c1-24-27(8-6-9-28(24)39-43-33-19-25(18-32(41)37(33)52-39)22-46-16-12-26(13-17-46)40(48)49)29-10-7-11-34-30(29)21-42-47(34)36-20-35(50-2)31(38(44-36)51-3)23-45-14-4-5-15-45/h6-11,18-21,26H,4-5,12-17,22-23H2,1-3H3,(H,48,49). The van der Waals surface area contributed by atoms with E-state index in [1.165, 1.54) is 12.8 Å². The first-order valence-corrected chi connectivity index (χ1v) is 18.1. The van der Waals surface area contributed by atoms with Crippen LogP contribution in [0.15, 0.2) is 65.2 Å². The molecule has 12 heteroatoms. The van der Waals surface area contributed by atoms with E-state index in [-0.39, 0.29) is 5.92 Å². The molecule has 1 N–H and O–H groups in total. The molecule has 6 aromatic rings. The van der Waals surface area contributed by atoms with Crippen molar-refractivity contribution in [3.05, 3.63) is 82.5 Å². The van der Waals surface area contributed by atoms with E-state index in [1.54, 1.807) is 14.2 Å². The van der Waals surface area contributed by atoms with Gasteiger partial charge < -0.3 is 19.0 Å². The predicted molar refractivity (Wildman–Crippen MR) is 200 cm³/mol. The van der Waals surface area contributed by atoms with E-state index in [4.69, 9.17) is 40.6 Å². The predicted octanol–water partition coefficient (Wildman–Crippen LogP) is 7.77. The molecule has 0 saturated carbocycles. The lowest BCUT2D eigenvalue weighted by atomic mass is 9.94. The van der Waals surface area contributed by atoms with E-state index >= 15 is 0 Å². The molecule has 0 bridgehead atoms. The number of aliphatic carboxylic acids is 1. The highest BCUT2D eigenvalue weighted by Gasteiger charge is 2.26. The number of aromatic nitrogens is 4. The molecule has 11 nitrogen and oxygen atoms in total. The van der Waals surface area contributed by atoms with Crippen LogP contribution in [0.25, 0.3) is 50.4 Å². The number of hydrogen-bond donors (Lipinski definition) is 1. The number of piperidine rings is 1. The number of pyridine rings is 1. The largest absolute Gasteiger partial charge is 0.496 e. The van der Waals surface area contributed by atoms with Gasteiger partial charge >= 0.3 is 5.97 Å². The van der Waals surface area contributed by atoms with Gasteiger partial charge in [0.15, 0.2) is 11.4 Å². The van der Waals surface area contributed by atoms with Crippen molar-refractivity contribution in [3.8, 4) is 40.0 Å². The molecule has 3 aromatic carbocycles. The molecular weight excluding hydrogens is 680 g/mol. The van der Waals surface area contributed by atoms with E-state index in [9.17, 15) is 9.90 Å². The van der Waals surface area contributed by atoms with Crippen LogP contribution in [0.5, 0.6) is 11.6 Å². The maximum Gasteiger partial charge on any atom is 0.306 e. The molecule has 0 radical (unpaired) electrons. The molecule has 0 amide bonds. The Morgan fingerprint density at radius 2 is 1.65 bits per heavy atom. The molecule has 2 fully saturated rings. The van der Waals surface area contributed by atoms with Crippen molar-refractivity contribution in [2.75, 3.05) is 40.4 Å². The van der Waals surface area contributed by atoms with Gasteiger partial charge in [0.05, 0.1) is 42.4 Å². The van der Waals surface area contributed by atoms with Crippen LogP contribution >= 0.6 is 11.6 Å². The molecule has 0 spiro atoms. The van der Waals surface area contributed by atoms with Crippen LogP contribution in [0, 0.1) is 12.8 Å². The number of hydrogen-bond acceptors (Lipinski definition) is 9. The number of likely N-dealkylation sites (tertiary alicyclic amines) is 2. The van der Waals surface area contributed by atoms with Gasteiger partial charge in [0, 0.05) is 30.1 Å². The molecule has 0 unspecified atom stereocenters. The summed E-state index contributed by atoms with van der Waals surface area (Å²) in [5, 5.41) is 15.6. The number of carboxylic acid groups (broad SMARTS) is 1. The Hall–Kier alpha value is -4.97. The van der Waals surface area contributed by atoms with Gasteiger partial charge in [0.2, 0.25) is 11.8 Å². The minimum absolute atomic E-state index is 0.269. The van der Waals surface area contributed by atoms with Gasteiger partial charge in [0.1, 0.15) is 11.3 Å². The summed E-state index contributed by atoms with van der Waals surface area (Å²) in [4.78, 5) is 25.9. The Morgan fingerprint density at radius 3 is 2.40 bits per heavy atom. The average molecular weight is 721 g/mol. The SMILES string of the molecule is COc1cc(-n2ncc3c(-c4cccc(-c5nc6cc(CN7CCC(C(=O)O)CC7)cc(Cl)c6o5)c4C)cccc32)nc(OC)c1CN1CCCC1. The fraction of sp³-hybridized carbons (Fsp3) is 0.350. The Bertz CT molecular complexity index is 2260. The number of rotatable bonds is 10. The van der Waals surface area contributed by atoms with Crippen LogP contribution in [-0.4, -0.2) is 81.0 Å². The zero-order valence-electron chi connectivity index (χ0n) is 29.6. The summed E-state index contributed by atoms with van der Waals surface area (Å²) in [5.74, 6) is 1.39. The smallest absolute Gasteiger partial charge is 0.306 e. The minimum Gasteiger partial charge on any atom is -0.496 e. The van der Waals surface area contributed by atoms with Crippen molar-refractivity contribution < 1.29 is 23.8 Å². The summed E-state index contributed by atoms with van der Waals surface area (Å²) in [6, 6.07) is 18.2. The first-order valence-electron chi connectivity index (χ1n) is 17.8. The van der Waals surface area contributed by atoms with Crippen LogP contribution in [0.1, 0.15) is 42.4 Å². The number of nitrogens with zero attached hydrogens (tertiary/aromatic N) is 6. The summed E-state index contributed by atoms with van der Waals surface area (Å²) >= 11 is 6.75. The van der Waals surface area contributed by atoms with E-state index in [0.717, 1.165) is 82.8 Å². The third kappa shape index (κ3) is 6.37. The van der Waals surface area contributed by atoms with Gasteiger partial charge in [0.25, 0.3) is 0 Å². The van der Waals surface area contributed by atoms with Gasteiger partial charge in [-0.05, 0) is 105 Å². The zero-order chi connectivity index (χ0) is 35.9. The Labute approximate surface area is 306 Å². The lowest BCUT2D eigenvalue weighted by molar-refractivity contribution is -0.143. The molecule has 2 aliphatic rings. The zero-order valence-corrected chi connectivity index (χ0v) is 30.3. The van der Waals surface area contributed by atoms with Crippen LogP contribution in [0.2, 0.25) is 5.02 Å². The number of carbonyl (C=O) groups is 1. The number of ether oxygens (including phenoxy) is 2. The number of benzene rings is 3. The first kappa shape index (κ1) is 34.1. The molecule has 2 saturated heterocycles. The summed E-state index contributed by atoms with van der Waals surface area (Å²) in [5.41, 5.74) is 8.04. The summed E-state index contributed by atoms with van der Waals surface area (Å²) < 4.78 is 19.8. The summed E-state index contributed by atoms with van der Waals surface area (Å²) in [6.45, 7) is 7.06. The van der Waals surface area contributed by atoms with Gasteiger partial charge in [-0.2, -0.15) is 10.1 Å². The highest BCUT2D eigenvalue weighted by molar-refractivity contribution is 6.34. The van der Waals surface area contributed by atoms with Crippen molar-refractivity contribution in [2.24, 2.45) is 5.92 Å². The third-order valence-electron chi connectivity index (χ3n) is 10.6. The molecule has 2 aliphatic heterocycles. The number of carboxylic acids is 1. The number of methoxy groups -OCH3 is 2. The molecule has 52 heavy (non-hydrogen) atoms. The molecule has 8 rings (SSSR count). The Kier molecular flexibility index (Phi) is 9.33. The normalized spacial score (nSPS) is 15.9. The van der Waals surface area contributed by atoms with Crippen LogP contribution in [0.4, 0.5) is 0 Å². The Morgan fingerprint density at radius 1 is 0.923 bits per heavy atom. The quantitative estimate of drug-likeness (QED) is 0.150. The maximum absolute atomic E-state index is 11.4. The average Bonchev–Trinajstić information content (AvgIpc) is 3.93. The second-order valence-electron chi connectivity index (χ2n) is 13.8. The molecular formula is C40H41ClN6O5. The summed E-state index contributed by atoms with van der Waals surface area (Å²) in [6.07, 6.45) is 5.57. The van der Waals surface area contributed by atoms with E-state index in [1.807, 2.05) is 53.3 Å². The fourth-order valence-corrected chi connectivity index (χ4v) is 8.04. The van der Waals surface area contributed by atoms with Crippen molar-refractivity contribution >= 4 is 39.6 Å².